The maximum Gasteiger partial charge on any atom is 0.308 e. The monoisotopic (exact) mass is 306 g/mol. The molecule has 0 radical (unpaired) electrons. The van der Waals surface area contributed by atoms with Crippen molar-refractivity contribution in [1.29, 1.82) is 0 Å². The highest BCUT2D eigenvalue weighted by atomic mass is 32.1. The molecule has 110 valence electrons. The van der Waals surface area contributed by atoms with Crippen LogP contribution in [0.1, 0.15) is 16.9 Å². The van der Waals surface area contributed by atoms with Crippen LogP contribution in [0.3, 0.4) is 0 Å². The lowest BCUT2D eigenvalue weighted by atomic mass is 10.1. The van der Waals surface area contributed by atoms with Gasteiger partial charge in [-0.05, 0) is 6.42 Å². The number of rotatable bonds is 3. The molecule has 8 heteroatoms. The molecule has 3 rings (SSSR count). The Morgan fingerprint density at radius 3 is 2.90 bits per heavy atom. The number of amides is 1. The summed E-state index contributed by atoms with van der Waals surface area (Å²) in [6, 6.07) is 0. The van der Waals surface area contributed by atoms with Crippen molar-refractivity contribution in [3.8, 4) is 10.6 Å². The van der Waals surface area contributed by atoms with Crippen molar-refractivity contribution in [2.75, 3.05) is 13.1 Å². The number of carboxylic acid groups (broad SMARTS) is 1. The van der Waals surface area contributed by atoms with E-state index in [1.807, 2.05) is 13.2 Å². The summed E-state index contributed by atoms with van der Waals surface area (Å²) in [5.41, 5.74) is 1.23. The lowest BCUT2D eigenvalue weighted by molar-refractivity contribution is -0.141. The number of nitrogens with zero attached hydrogens (tertiary/aromatic N) is 4. The number of likely N-dealkylation sites (tertiary alicyclic amines) is 1. The van der Waals surface area contributed by atoms with E-state index in [0.29, 0.717) is 18.7 Å². The number of aryl methyl sites for hydroxylation is 1. The van der Waals surface area contributed by atoms with Crippen LogP contribution in [0.2, 0.25) is 0 Å². The molecule has 0 unspecified atom stereocenters. The number of thiazole rings is 1. The predicted octanol–water partition coefficient (Wildman–Crippen LogP) is 1.09. The molecule has 21 heavy (non-hydrogen) atoms. The van der Waals surface area contributed by atoms with Crippen molar-refractivity contribution in [3.05, 3.63) is 23.5 Å². The molecular formula is C13H14N4O3S. The highest BCUT2D eigenvalue weighted by Gasteiger charge is 2.32. The van der Waals surface area contributed by atoms with Crippen molar-refractivity contribution >= 4 is 23.2 Å². The summed E-state index contributed by atoms with van der Waals surface area (Å²) in [7, 11) is 1.82. The average molecular weight is 306 g/mol. The number of hydrogen-bond acceptors (Lipinski definition) is 5. The number of carbonyl (C=O) groups excluding carboxylic acids is 1. The van der Waals surface area contributed by atoms with Gasteiger partial charge in [-0.1, -0.05) is 0 Å². The van der Waals surface area contributed by atoms with Crippen molar-refractivity contribution in [2.24, 2.45) is 13.0 Å². The van der Waals surface area contributed by atoms with E-state index in [0.717, 1.165) is 10.6 Å². The van der Waals surface area contributed by atoms with Gasteiger partial charge in [0, 0.05) is 37.3 Å². The van der Waals surface area contributed by atoms with Gasteiger partial charge in [0.1, 0.15) is 10.7 Å². The number of carboxylic acids is 1. The van der Waals surface area contributed by atoms with Gasteiger partial charge in [0.05, 0.1) is 12.1 Å². The SMILES string of the molecule is Cn1cc(-c2nc(C(=O)N3CC[C@H](C(=O)O)C3)cs2)cn1. The molecule has 2 aromatic heterocycles. The highest BCUT2D eigenvalue weighted by molar-refractivity contribution is 7.13. The Morgan fingerprint density at radius 2 is 2.29 bits per heavy atom. The van der Waals surface area contributed by atoms with Crippen molar-refractivity contribution in [1.82, 2.24) is 19.7 Å². The molecule has 1 fully saturated rings. The topological polar surface area (TPSA) is 88.3 Å². The summed E-state index contributed by atoms with van der Waals surface area (Å²) in [4.78, 5) is 29.1. The maximum absolute atomic E-state index is 12.3. The third-order valence-corrected chi connectivity index (χ3v) is 4.39. The fourth-order valence-electron chi connectivity index (χ4n) is 2.34. The van der Waals surface area contributed by atoms with Crippen LogP contribution in [0, 0.1) is 5.92 Å². The van der Waals surface area contributed by atoms with Gasteiger partial charge < -0.3 is 10.0 Å². The van der Waals surface area contributed by atoms with Gasteiger partial charge in [-0.2, -0.15) is 5.10 Å². The van der Waals surface area contributed by atoms with E-state index in [1.54, 1.807) is 21.2 Å². The van der Waals surface area contributed by atoms with E-state index >= 15 is 0 Å². The van der Waals surface area contributed by atoms with E-state index in [2.05, 4.69) is 10.1 Å². The summed E-state index contributed by atoms with van der Waals surface area (Å²) < 4.78 is 1.68. The Labute approximate surface area is 124 Å². The van der Waals surface area contributed by atoms with Crippen molar-refractivity contribution < 1.29 is 14.7 Å². The predicted molar refractivity (Wildman–Crippen MR) is 76.0 cm³/mol. The number of carbonyl (C=O) groups is 2. The molecule has 1 saturated heterocycles. The van der Waals surface area contributed by atoms with Crippen LogP contribution in [0.5, 0.6) is 0 Å². The lowest BCUT2D eigenvalue weighted by Gasteiger charge is -2.13. The Morgan fingerprint density at radius 1 is 1.48 bits per heavy atom. The highest BCUT2D eigenvalue weighted by Crippen LogP contribution is 2.25. The van der Waals surface area contributed by atoms with Crippen LogP contribution in [0.4, 0.5) is 0 Å². The largest absolute Gasteiger partial charge is 0.481 e. The molecule has 0 bridgehead atoms. The zero-order valence-corrected chi connectivity index (χ0v) is 12.2. The first kappa shape index (κ1) is 13.7. The first-order valence-electron chi connectivity index (χ1n) is 6.51. The van der Waals surface area contributed by atoms with E-state index in [1.165, 1.54) is 11.3 Å². The third kappa shape index (κ3) is 2.66. The van der Waals surface area contributed by atoms with Gasteiger partial charge in [-0.3, -0.25) is 14.3 Å². The van der Waals surface area contributed by atoms with Crippen LogP contribution >= 0.6 is 11.3 Å². The molecule has 1 atom stereocenters. The molecule has 1 amide bonds. The van der Waals surface area contributed by atoms with Crippen molar-refractivity contribution in [3.63, 3.8) is 0 Å². The molecule has 3 heterocycles. The Kier molecular flexibility index (Phi) is 3.46. The smallest absolute Gasteiger partial charge is 0.308 e. The molecule has 0 aliphatic carbocycles. The summed E-state index contributed by atoms with van der Waals surface area (Å²) in [5, 5.41) is 15.5. The lowest BCUT2D eigenvalue weighted by Crippen LogP contribution is -2.30. The minimum absolute atomic E-state index is 0.204. The summed E-state index contributed by atoms with van der Waals surface area (Å²) in [6.45, 7) is 0.726. The zero-order valence-electron chi connectivity index (χ0n) is 11.4. The van der Waals surface area contributed by atoms with Crippen LogP contribution in [-0.4, -0.2) is 49.7 Å². The fourth-order valence-corrected chi connectivity index (χ4v) is 3.11. The van der Waals surface area contributed by atoms with E-state index in [4.69, 9.17) is 5.11 Å². The molecule has 0 spiro atoms. The van der Waals surface area contributed by atoms with Gasteiger partial charge in [-0.15, -0.1) is 11.3 Å². The standard InChI is InChI=1S/C13H14N4O3S/c1-16-5-9(4-14-16)11-15-10(7-21-11)12(18)17-3-2-8(6-17)13(19)20/h4-5,7-8H,2-3,6H2,1H3,(H,19,20)/t8-/m0/s1. The fraction of sp³-hybridized carbons (Fsp3) is 0.385. The van der Waals surface area contributed by atoms with Gasteiger partial charge in [-0.25, -0.2) is 4.98 Å². The van der Waals surface area contributed by atoms with Gasteiger partial charge >= 0.3 is 5.97 Å². The van der Waals surface area contributed by atoms with Crippen LogP contribution in [0.15, 0.2) is 17.8 Å². The molecule has 1 aliphatic rings. The van der Waals surface area contributed by atoms with Crippen molar-refractivity contribution in [2.45, 2.75) is 6.42 Å². The number of aromatic nitrogens is 3. The first-order valence-corrected chi connectivity index (χ1v) is 7.39. The van der Waals surface area contributed by atoms with E-state index in [-0.39, 0.29) is 12.5 Å². The normalized spacial score (nSPS) is 18.1. The molecule has 1 aliphatic heterocycles. The molecule has 7 nitrogen and oxygen atoms in total. The second-order valence-corrected chi connectivity index (χ2v) is 5.87. The van der Waals surface area contributed by atoms with Gasteiger partial charge in [0.25, 0.3) is 5.91 Å². The Bertz CT molecular complexity index is 693. The average Bonchev–Trinajstić information content (AvgIpc) is 3.17. The number of hydrogen-bond donors (Lipinski definition) is 1. The Balaban J connectivity index is 1.74. The molecular weight excluding hydrogens is 292 g/mol. The second-order valence-electron chi connectivity index (χ2n) is 5.02. The van der Waals surface area contributed by atoms with Crippen LogP contribution in [-0.2, 0) is 11.8 Å². The zero-order chi connectivity index (χ0) is 15.0. The molecule has 0 saturated carbocycles. The summed E-state index contributed by atoms with van der Waals surface area (Å²) >= 11 is 1.38. The van der Waals surface area contributed by atoms with E-state index < -0.39 is 11.9 Å². The Hall–Kier alpha value is -2.22. The maximum atomic E-state index is 12.3. The van der Waals surface area contributed by atoms with Crippen LogP contribution < -0.4 is 0 Å². The molecule has 2 aromatic rings. The van der Waals surface area contributed by atoms with E-state index in [9.17, 15) is 9.59 Å². The quantitative estimate of drug-likeness (QED) is 0.917. The summed E-state index contributed by atoms with van der Waals surface area (Å²) in [5.74, 6) is -1.52. The third-order valence-electron chi connectivity index (χ3n) is 3.50. The summed E-state index contributed by atoms with van der Waals surface area (Å²) in [6.07, 6.45) is 4.04. The second kappa shape index (κ2) is 5.28. The first-order chi connectivity index (χ1) is 10.0. The van der Waals surface area contributed by atoms with Crippen LogP contribution in [0.25, 0.3) is 10.6 Å². The molecule has 0 aromatic carbocycles. The minimum Gasteiger partial charge on any atom is -0.481 e. The minimum atomic E-state index is -0.848. The molecule has 1 N–H and O–H groups in total. The van der Waals surface area contributed by atoms with Gasteiger partial charge in [0.15, 0.2) is 0 Å². The van der Waals surface area contributed by atoms with Gasteiger partial charge in [0.2, 0.25) is 0 Å². The number of aliphatic carboxylic acids is 1.